The normalized spacial score (nSPS) is 10.9. The van der Waals surface area contributed by atoms with Gasteiger partial charge in [-0.1, -0.05) is 59.7 Å². The Morgan fingerprint density at radius 1 is 0.553 bits per heavy atom. The van der Waals surface area contributed by atoms with E-state index in [2.05, 4.69) is 0 Å². The van der Waals surface area contributed by atoms with Crippen LogP contribution in [0, 0.1) is 25.5 Å². The lowest BCUT2D eigenvalue weighted by molar-refractivity contribution is -0.116. The summed E-state index contributed by atoms with van der Waals surface area (Å²) in [6.45, 7) is 4.44. The molecule has 0 atom stereocenters. The molecule has 4 aromatic rings. The van der Waals surface area contributed by atoms with Gasteiger partial charge in [0.2, 0.25) is 0 Å². The van der Waals surface area contributed by atoms with Gasteiger partial charge in [0.15, 0.2) is 0 Å². The van der Waals surface area contributed by atoms with E-state index in [1.165, 1.54) is 70.5 Å². The van der Waals surface area contributed by atoms with Gasteiger partial charge >= 0.3 is 0 Å². The van der Waals surface area contributed by atoms with E-state index >= 15 is 0 Å². The number of benzene rings is 4. The van der Waals surface area contributed by atoms with Crippen molar-refractivity contribution >= 4 is 23.2 Å². The van der Waals surface area contributed by atoms with E-state index in [0.717, 1.165) is 22.3 Å². The second-order valence-electron chi connectivity index (χ2n) is 9.11. The maximum Gasteiger partial charge on any atom is 0.251 e. The molecular formula is C32H28F2N2O2. The quantitative estimate of drug-likeness (QED) is 0.242. The summed E-state index contributed by atoms with van der Waals surface area (Å²) in [7, 11) is 0. The Kier molecular flexibility index (Phi) is 8.44. The number of aryl methyl sites for hydroxylation is 2. The summed E-state index contributed by atoms with van der Waals surface area (Å²) >= 11 is 0. The molecule has 0 aliphatic rings. The van der Waals surface area contributed by atoms with Crippen LogP contribution < -0.4 is 9.80 Å². The molecule has 4 nitrogen and oxygen atoms in total. The summed E-state index contributed by atoms with van der Waals surface area (Å²) in [6, 6.07) is 26.8. The van der Waals surface area contributed by atoms with Crippen molar-refractivity contribution in [3.63, 3.8) is 0 Å². The summed E-state index contributed by atoms with van der Waals surface area (Å²) in [5, 5.41) is 0. The predicted octanol–water partition coefficient (Wildman–Crippen LogP) is 6.90. The number of hydrogen-bond donors (Lipinski definition) is 0. The number of carbonyl (C=O) groups excluding carboxylic acids is 2. The highest BCUT2D eigenvalue weighted by Gasteiger charge is 2.18. The molecule has 4 aromatic carbocycles. The summed E-state index contributed by atoms with van der Waals surface area (Å²) in [5.41, 5.74) is 4.97. The molecule has 0 saturated carbocycles. The Morgan fingerprint density at radius 2 is 0.868 bits per heavy atom. The third-order valence-corrected chi connectivity index (χ3v) is 6.10. The van der Waals surface area contributed by atoms with E-state index in [-0.39, 0.29) is 13.1 Å². The Balaban J connectivity index is 1.59. The molecule has 0 fully saturated rings. The van der Waals surface area contributed by atoms with E-state index in [0.29, 0.717) is 11.4 Å². The average Bonchev–Trinajstić information content (AvgIpc) is 2.92. The predicted molar refractivity (Wildman–Crippen MR) is 147 cm³/mol. The van der Waals surface area contributed by atoms with Crippen molar-refractivity contribution in [2.75, 3.05) is 9.80 Å². The van der Waals surface area contributed by atoms with Crippen molar-refractivity contribution in [2.24, 2.45) is 0 Å². The lowest BCUT2D eigenvalue weighted by atomic mass is 10.1. The molecule has 0 heterocycles. The van der Waals surface area contributed by atoms with Crippen LogP contribution >= 0.6 is 0 Å². The Hall–Kier alpha value is -4.58. The van der Waals surface area contributed by atoms with Crippen molar-refractivity contribution in [2.45, 2.75) is 26.9 Å². The minimum absolute atomic E-state index is 0.244. The molecule has 0 bridgehead atoms. The lowest BCUT2D eigenvalue weighted by Crippen LogP contribution is -2.31. The fourth-order valence-corrected chi connectivity index (χ4v) is 3.91. The first-order valence-electron chi connectivity index (χ1n) is 12.2. The van der Waals surface area contributed by atoms with Crippen LogP contribution in [0.5, 0.6) is 0 Å². The molecule has 192 valence electrons. The maximum absolute atomic E-state index is 13.6. The van der Waals surface area contributed by atoms with Crippen molar-refractivity contribution in [3.8, 4) is 0 Å². The standard InChI is InChI=1S/C32H28F2N2O2/c1-23-3-7-25(8-4-23)21-35(29-15-11-27(33)12-16-29)31(37)19-20-32(38)36(30-17-13-28(34)14-18-30)22-26-9-5-24(2)6-10-26/h3-20H,21-22H2,1-2H3/b20-19+. The van der Waals surface area contributed by atoms with Crippen molar-refractivity contribution in [1.82, 2.24) is 0 Å². The van der Waals surface area contributed by atoms with Crippen LogP contribution in [0.3, 0.4) is 0 Å². The summed E-state index contributed by atoms with van der Waals surface area (Å²) in [6.07, 6.45) is 2.43. The number of carbonyl (C=O) groups is 2. The summed E-state index contributed by atoms with van der Waals surface area (Å²) < 4.78 is 27.1. The smallest absolute Gasteiger partial charge is 0.251 e. The topological polar surface area (TPSA) is 40.6 Å². The van der Waals surface area contributed by atoms with E-state index in [9.17, 15) is 18.4 Å². The van der Waals surface area contributed by atoms with Gasteiger partial charge in [-0.25, -0.2) is 8.78 Å². The fourth-order valence-electron chi connectivity index (χ4n) is 3.91. The molecule has 0 aromatic heterocycles. The summed E-state index contributed by atoms with van der Waals surface area (Å²) in [5.74, 6) is -1.68. The van der Waals surface area contributed by atoms with Gasteiger partial charge in [0.05, 0.1) is 13.1 Å². The van der Waals surface area contributed by atoms with E-state index in [4.69, 9.17) is 0 Å². The molecular weight excluding hydrogens is 482 g/mol. The number of anilines is 2. The number of amides is 2. The van der Waals surface area contributed by atoms with Crippen LogP contribution in [0.15, 0.2) is 109 Å². The highest BCUT2D eigenvalue weighted by atomic mass is 19.1. The molecule has 0 unspecified atom stereocenters. The van der Waals surface area contributed by atoms with Crippen LogP contribution in [0.2, 0.25) is 0 Å². The lowest BCUT2D eigenvalue weighted by Gasteiger charge is -2.23. The van der Waals surface area contributed by atoms with Gasteiger partial charge in [0, 0.05) is 23.5 Å². The van der Waals surface area contributed by atoms with Gasteiger partial charge in [-0.05, 0) is 73.5 Å². The van der Waals surface area contributed by atoms with Crippen molar-refractivity contribution in [3.05, 3.63) is 143 Å². The highest BCUT2D eigenvalue weighted by molar-refractivity contribution is 6.08. The van der Waals surface area contributed by atoms with Gasteiger partial charge < -0.3 is 9.80 Å². The van der Waals surface area contributed by atoms with Crippen LogP contribution in [0.4, 0.5) is 20.2 Å². The minimum atomic E-state index is -0.431. The van der Waals surface area contributed by atoms with Crippen molar-refractivity contribution in [1.29, 1.82) is 0 Å². The second kappa shape index (κ2) is 12.1. The molecule has 0 aliphatic carbocycles. The molecule has 0 N–H and O–H groups in total. The molecule has 0 spiro atoms. The number of nitrogens with zero attached hydrogens (tertiary/aromatic N) is 2. The number of halogens is 2. The van der Waals surface area contributed by atoms with E-state index < -0.39 is 23.4 Å². The minimum Gasteiger partial charge on any atom is -0.304 e. The van der Waals surface area contributed by atoms with Crippen LogP contribution in [-0.2, 0) is 22.7 Å². The zero-order valence-corrected chi connectivity index (χ0v) is 21.3. The highest BCUT2D eigenvalue weighted by Crippen LogP contribution is 2.21. The van der Waals surface area contributed by atoms with Gasteiger partial charge in [-0.2, -0.15) is 0 Å². The largest absolute Gasteiger partial charge is 0.304 e. The molecule has 4 rings (SSSR count). The Bertz CT molecular complexity index is 1300. The van der Waals surface area contributed by atoms with Crippen LogP contribution in [0.1, 0.15) is 22.3 Å². The van der Waals surface area contributed by atoms with Crippen LogP contribution in [-0.4, -0.2) is 11.8 Å². The van der Waals surface area contributed by atoms with Gasteiger partial charge in [0.25, 0.3) is 11.8 Å². The Morgan fingerprint density at radius 3 is 1.18 bits per heavy atom. The van der Waals surface area contributed by atoms with Crippen molar-refractivity contribution < 1.29 is 18.4 Å². The molecule has 0 radical (unpaired) electrons. The zero-order valence-electron chi connectivity index (χ0n) is 21.3. The second-order valence-corrected chi connectivity index (χ2v) is 9.11. The molecule has 2 amide bonds. The monoisotopic (exact) mass is 510 g/mol. The number of hydrogen-bond acceptors (Lipinski definition) is 2. The average molecular weight is 511 g/mol. The first kappa shape index (κ1) is 26.5. The fraction of sp³-hybridized carbons (Fsp3) is 0.125. The third kappa shape index (κ3) is 7.01. The molecule has 38 heavy (non-hydrogen) atoms. The van der Waals surface area contributed by atoms with E-state index in [1.807, 2.05) is 62.4 Å². The maximum atomic E-state index is 13.6. The first-order chi connectivity index (χ1) is 18.3. The van der Waals surface area contributed by atoms with Gasteiger partial charge in [0.1, 0.15) is 11.6 Å². The summed E-state index contributed by atoms with van der Waals surface area (Å²) in [4.78, 5) is 29.6. The molecule has 0 aliphatic heterocycles. The number of rotatable bonds is 8. The first-order valence-corrected chi connectivity index (χ1v) is 12.2. The van der Waals surface area contributed by atoms with E-state index in [1.54, 1.807) is 0 Å². The third-order valence-electron chi connectivity index (χ3n) is 6.10. The molecule has 0 saturated heterocycles. The Labute approximate surface area is 221 Å². The van der Waals surface area contributed by atoms with Gasteiger partial charge in [-0.15, -0.1) is 0 Å². The van der Waals surface area contributed by atoms with Gasteiger partial charge in [-0.3, -0.25) is 9.59 Å². The van der Waals surface area contributed by atoms with Crippen LogP contribution in [0.25, 0.3) is 0 Å². The molecule has 6 heteroatoms. The zero-order chi connectivity index (χ0) is 27.1. The SMILES string of the molecule is Cc1ccc(CN(C(=O)/C=C/C(=O)N(Cc2ccc(C)cc2)c2ccc(F)cc2)c2ccc(F)cc2)cc1.